The van der Waals surface area contributed by atoms with Crippen molar-refractivity contribution in [3.8, 4) is 11.4 Å². The number of carbonyl (C=O) groups excluding carboxylic acids is 1. The number of aromatic nitrogens is 2. The number of amides is 1. The normalized spacial score (nSPS) is 19.0. The van der Waals surface area contributed by atoms with Gasteiger partial charge in [-0.1, -0.05) is 28.4 Å². The highest BCUT2D eigenvalue weighted by atomic mass is 35.5. The molecule has 3 heterocycles. The first kappa shape index (κ1) is 18.7. The maximum atomic E-state index is 12.5. The van der Waals surface area contributed by atoms with Gasteiger partial charge in [0.25, 0.3) is 0 Å². The summed E-state index contributed by atoms with van der Waals surface area (Å²) in [5.74, 6) is 1.51. The minimum Gasteiger partial charge on any atom is -0.342 e. The van der Waals surface area contributed by atoms with Gasteiger partial charge in [0.1, 0.15) is 0 Å². The lowest BCUT2D eigenvalue weighted by Gasteiger charge is -2.32. The first-order chi connectivity index (χ1) is 13.1. The number of halogens is 2. The molecule has 27 heavy (non-hydrogen) atoms. The number of hydrogen-bond acceptors (Lipinski definition) is 5. The van der Waals surface area contributed by atoms with Gasteiger partial charge in [0, 0.05) is 29.6 Å². The Labute approximate surface area is 168 Å². The van der Waals surface area contributed by atoms with E-state index in [1.807, 2.05) is 4.90 Å². The molecular formula is C19H22Cl2N4O2. The van der Waals surface area contributed by atoms with Gasteiger partial charge in [0.05, 0.1) is 11.6 Å². The van der Waals surface area contributed by atoms with Gasteiger partial charge >= 0.3 is 0 Å². The SMILES string of the molecule is O=C(C1CCN(Cc2nc(-c3ccc(Cl)cc3Cl)no2)CC1)N1CCCC1. The van der Waals surface area contributed by atoms with Crippen LogP contribution in [0.25, 0.3) is 11.4 Å². The Morgan fingerprint density at radius 2 is 1.89 bits per heavy atom. The van der Waals surface area contributed by atoms with Gasteiger partial charge in [-0.3, -0.25) is 9.69 Å². The van der Waals surface area contributed by atoms with Crippen molar-refractivity contribution in [3.05, 3.63) is 34.1 Å². The van der Waals surface area contributed by atoms with E-state index >= 15 is 0 Å². The second-order valence-corrected chi connectivity index (χ2v) is 8.06. The average molecular weight is 409 g/mol. The predicted molar refractivity (Wildman–Crippen MR) is 104 cm³/mol. The number of piperidine rings is 1. The lowest BCUT2D eigenvalue weighted by molar-refractivity contribution is -0.136. The van der Waals surface area contributed by atoms with E-state index in [4.69, 9.17) is 27.7 Å². The molecule has 2 aliphatic heterocycles. The summed E-state index contributed by atoms with van der Waals surface area (Å²) in [5.41, 5.74) is 0.700. The third-order valence-corrected chi connectivity index (χ3v) is 5.90. The Morgan fingerprint density at radius 3 is 2.59 bits per heavy atom. The van der Waals surface area contributed by atoms with Crippen molar-refractivity contribution in [3.63, 3.8) is 0 Å². The van der Waals surface area contributed by atoms with E-state index in [1.54, 1.807) is 18.2 Å². The smallest absolute Gasteiger partial charge is 0.241 e. The standard InChI is InChI=1S/C19H22Cl2N4O2/c20-14-3-4-15(16(21)11-14)18-22-17(27-23-18)12-24-9-5-13(6-10-24)19(26)25-7-1-2-8-25/h3-4,11,13H,1-2,5-10,12H2. The minimum absolute atomic E-state index is 0.158. The number of likely N-dealkylation sites (tertiary alicyclic amines) is 2. The molecule has 0 saturated carbocycles. The van der Waals surface area contributed by atoms with Crippen molar-refractivity contribution in [2.45, 2.75) is 32.2 Å². The number of carbonyl (C=O) groups is 1. The Morgan fingerprint density at radius 1 is 1.15 bits per heavy atom. The van der Waals surface area contributed by atoms with Gasteiger partial charge in [-0.2, -0.15) is 4.98 Å². The summed E-state index contributed by atoms with van der Waals surface area (Å²) in [4.78, 5) is 21.3. The van der Waals surface area contributed by atoms with Crippen molar-refractivity contribution in [2.24, 2.45) is 5.92 Å². The molecule has 8 heteroatoms. The van der Waals surface area contributed by atoms with Crippen LogP contribution in [0.15, 0.2) is 22.7 Å². The van der Waals surface area contributed by atoms with Crippen LogP contribution in [-0.2, 0) is 11.3 Å². The van der Waals surface area contributed by atoms with Crippen LogP contribution in [0, 0.1) is 5.92 Å². The Balaban J connectivity index is 1.33. The fourth-order valence-electron chi connectivity index (χ4n) is 3.82. The Bertz CT molecular complexity index is 812. The number of benzene rings is 1. The van der Waals surface area contributed by atoms with Crippen LogP contribution in [0.3, 0.4) is 0 Å². The summed E-state index contributed by atoms with van der Waals surface area (Å²) in [6.45, 7) is 4.17. The van der Waals surface area contributed by atoms with Crippen molar-refractivity contribution in [2.75, 3.05) is 26.2 Å². The maximum absolute atomic E-state index is 12.5. The van der Waals surface area contributed by atoms with Crippen molar-refractivity contribution in [1.29, 1.82) is 0 Å². The molecule has 0 spiro atoms. The molecule has 1 amide bonds. The molecule has 0 aliphatic carbocycles. The second-order valence-electron chi connectivity index (χ2n) is 7.22. The molecule has 2 aliphatic rings. The minimum atomic E-state index is 0.158. The molecule has 4 rings (SSSR count). The molecule has 0 radical (unpaired) electrons. The average Bonchev–Trinajstić information content (AvgIpc) is 3.34. The molecule has 1 aromatic carbocycles. The number of hydrogen-bond donors (Lipinski definition) is 0. The summed E-state index contributed by atoms with van der Waals surface area (Å²) in [6, 6.07) is 5.20. The van der Waals surface area contributed by atoms with Gasteiger partial charge in [-0.15, -0.1) is 0 Å². The van der Waals surface area contributed by atoms with Gasteiger partial charge in [-0.25, -0.2) is 0 Å². The molecule has 144 valence electrons. The van der Waals surface area contributed by atoms with Crippen molar-refractivity contribution >= 4 is 29.1 Å². The zero-order valence-corrected chi connectivity index (χ0v) is 16.5. The van der Waals surface area contributed by atoms with Crippen LogP contribution in [0.5, 0.6) is 0 Å². The van der Waals surface area contributed by atoms with E-state index in [2.05, 4.69) is 15.0 Å². The van der Waals surface area contributed by atoms with E-state index in [0.29, 0.717) is 39.8 Å². The van der Waals surface area contributed by atoms with E-state index < -0.39 is 0 Å². The van der Waals surface area contributed by atoms with Crippen LogP contribution in [0.4, 0.5) is 0 Å². The summed E-state index contributed by atoms with van der Waals surface area (Å²) in [7, 11) is 0. The monoisotopic (exact) mass is 408 g/mol. The fourth-order valence-corrected chi connectivity index (χ4v) is 4.32. The fraction of sp³-hybridized carbons (Fsp3) is 0.526. The van der Waals surface area contributed by atoms with Gasteiger partial charge < -0.3 is 9.42 Å². The predicted octanol–water partition coefficient (Wildman–Crippen LogP) is 3.88. The van der Waals surface area contributed by atoms with Crippen LogP contribution in [0.1, 0.15) is 31.6 Å². The third-order valence-electron chi connectivity index (χ3n) is 5.35. The van der Waals surface area contributed by atoms with Gasteiger partial charge in [0.15, 0.2) is 0 Å². The van der Waals surface area contributed by atoms with E-state index in [0.717, 1.165) is 51.9 Å². The maximum Gasteiger partial charge on any atom is 0.241 e. The summed E-state index contributed by atoms with van der Waals surface area (Å²) < 4.78 is 5.39. The van der Waals surface area contributed by atoms with Crippen molar-refractivity contribution in [1.82, 2.24) is 19.9 Å². The molecule has 0 bridgehead atoms. The molecule has 0 unspecified atom stereocenters. The van der Waals surface area contributed by atoms with E-state index in [9.17, 15) is 4.79 Å². The quantitative estimate of drug-likeness (QED) is 0.767. The van der Waals surface area contributed by atoms with Crippen molar-refractivity contribution < 1.29 is 9.32 Å². The van der Waals surface area contributed by atoms with Crippen LogP contribution in [0.2, 0.25) is 10.0 Å². The molecule has 1 aromatic heterocycles. The van der Waals surface area contributed by atoms with E-state index in [1.165, 1.54) is 0 Å². The number of nitrogens with zero attached hydrogens (tertiary/aromatic N) is 4. The highest BCUT2D eigenvalue weighted by molar-refractivity contribution is 6.36. The third kappa shape index (κ3) is 4.28. The summed E-state index contributed by atoms with van der Waals surface area (Å²) >= 11 is 12.1. The lowest BCUT2D eigenvalue weighted by Crippen LogP contribution is -2.41. The molecule has 2 fully saturated rings. The summed E-state index contributed by atoms with van der Waals surface area (Å²) in [5, 5.41) is 5.10. The first-order valence-corrected chi connectivity index (χ1v) is 10.1. The largest absolute Gasteiger partial charge is 0.342 e. The van der Waals surface area contributed by atoms with Crippen LogP contribution >= 0.6 is 23.2 Å². The molecular weight excluding hydrogens is 387 g/mol. The highest BCUT2D eigenvalue weighted by Gasteiger charge is 2.30. The second kappa shape index (κ2) is 8.17. The van der Waals surface area contributed by atoms with Gasteiger partial charge in [0.2, 0.25) is 17.6 Å². The molecule has 2 aromatic rings. The highest BCUT2D eigenvalue weighted by Crippen LogP contribution is 2.29. The first-order valence-electron chi connectivity index (χ1n) is 9.39. The van der Waals surface area contributed by atoms with Crippen LogP contribution < -0.4 is 0 Å². The topological polar surface area (TPSA) is 62.5 Å². The summed E-state index contributed by atoms with van der Waals surface area (Å²) in [6.07, 6.45) is 4.06. The zero-order chi connectivity index (χ0) is 18.8. The lowest BCUT2D eigenvalue weighted by atomic mass is 9.95. The van der Waals surface area contributed by atoms with E-state index in [-0.39, 0.29) is 5.92 Å². The van der Waals surface area contributed by atoms with Gasteiger partial charge in [-0.05, 0) is 57.0 Å². The zero-order valence-electron chi connectivity index (χ0n) is 15.0. The molecule has 0 N–H and O–H groups in total. The Kier molecular flexibility index (Phi) is 5.66. The van der Waals surface area contributed by atoms with Crippen LogP contribution in [-0.4, -0.2) is 52.0 Å². The Hall–Kier alpha value is -1.63. The molecule has 0 atom stereocenters. The number of rotatable bonds is 4. The molecule has 6 nitrogen and oxygen atoms in total. The molecule has 2 saturated heterocycles.